The van der Waals surface area contributed by atoms with E-state index in [9.17, 15) is 14.7 Å². The first-order chi connectivity index (χ1) is 16.7. The summed E-state index contributed by atoms with van der Waals surface area (Å²) < 4.78 is 1.66. The quantitative estimate of drug-likeness (QED) is 0.368. The van der Waals surface area contributed by atoms with Crippen molar-refractivity contribution < 1.29 is 9.90 Å². The van der Waals surface area contributed by atoms with Gasteiger partial charge < -0.3 is 10.4 Å². The Bertz CT molecular complexity index is 1220. The normalized spacial score (nSPS) is 17.4. The Balaban J connectivity index is 1.55. The van der Waals surface area contributed by atoms with E-state index >= 15 is 0 Å². The van der Waals surface area contributed by atoms with Crippen molar-refractivity contribution in [1.82, 2.24) is 14.9 Å². The van der Waals surface area contributed by atoms with E-state index in [0.29, 0.717) is 11.6 Å². The third-order valence-electron chi connectivity index (χ3n) is 6.86. The maximum absolute atomic E-state index is 13.9. The molecule has 1 fully saturated rings. The highest BCUT2D eigenvalue weighted by Gasteiger charge is 2.28. The number of nitrogens with one attached hydrogen (secondary N) is 1. The number of aliphatic hydroxyl groups is 1. The van der Waals surface area contributed by atoms with Gasteiger partial charge in [-0.25, -0.2) is 4.98 Å². The number of carbonyl (C=O) groups excluding carboxylic acids is 1. The summed E-state index contributed by atoms with van der Waals surface area (Å²) in [5, 5.41) is 13.6. The van der Waals surface area contributed by atoms with Crippen molar-refractivity contribution >= 4 is 39.2 Å². The van der Waals surface area contributed by atoms with Gasteiger partial charge >= 0.3 is 0 Å². The fourth-order valence-electron chi connectivity index (χ4n) is 5.10. The van der Waals surface area contributed by atoms with Gasteiger partial charge in [0.15, 0.2) is 5.16 Å². The Hall–Kier alpha value is -2.16. The van der Waals surface area contributed by atoms with Crippen LogP contribution in [0.5, 0.6) is 0 Å². The Labute approximate surface area is 207 Å². The number of benzene rings is 1. The minimum Gasteiger partial charge on any atom is -0.396 e. The summed E-state index contributed by atoms with van der Waals surface area (Å²) in [7, 11) is 0. The molecule has 0 saturated heterocycles. The van der Waals surface area contributed by atoms with E-state index in [4.69, 9.17) is 4.98 Å². The minimum atomic E-state index is -0.513. The highest BCUT2D eigenvalue weighted by atomic mass is 32.2. The first kappa shape index (κ1) is 23.6. The molecule has 34 heavy (non-hydrogen) atoms. The van der Waals surface area contributed by atoms with Gasteiger partial charge in [0.25, 0.3) is 5.56 Å². The number of carbonyl (C=O) groups is 1. The van der Waals surface area contributed by atoms with E-state index in [2.05, 4.69) is 5.32 Å². The second kappa shape index (κ2) is 10.6. The summed E-state index contributed by atoms with van der Waals surface area (Å²) in [4.78, 5) is 34.1. The number of nitrogens with zero attached hydrogens (tertiary/aromatic N) is 2. The molecule has 180 valence electrons. The van der Waals surface area contributed by atoms with E-state index < -0.39 is 5.25 Å². The van der Waals surface area contributed by atoms with Crippen LogP contribution < -0.4 is 10.9 Å². The molecule has 0 spiro atoms. The van der Waals surface area contributed by atoms with Crippen LogP contribution in [0.15, 0.2) is 40.3 Å². The van der Waals surface area contributed by atoms with Crippen LogP contribution in [0.2, 0.25) is 0 Å². The molecule has 2 aliphatic carbocycles. The SMILES string of the molecule is O=C(NC1CCCCC1)C(CCO)Sc1nc2sc3c(c2c(=O)n1-c1ccccc1)CCCC3. The van der Waals surface area contributed by atoms with Crippen molar-refractivity contribution in [2.24, 2.45) is 0 Å². The monoisotopic (exact) mass is 497 g/mol. The molecule has 0 bridgehead atoms. The molecule has 8 heteroatoms. The first-order valence-corrected chi connectivity index (χ1v) is 14.1. The third kappa shape index (κ3) is 4.81. The fraction of sp³-hybridized carbons (Fsp3) is 0.500. The average molecular weight is 498 g/mol. The van der Waals surface area contributed by atoms with Gasteiger partial charge in [-0.1, -0.05) is 49.2 Å². The van der Waals surface area contributed by atoms with Crippen LogP contribution in [-0.4, -0.2) is 38.5 Å². The van der Waals surface area contributed by atoms with Gasteiger partial charge in [0.1, 0.15) is 4.83 Å². The molecule has 6 nitrogen and oxygen atoms in total. The molecule has 1 saturated carbocycles. The van der Waals surface area contributed by atoms with Crippen molar-refractivity contribution in [3.8, 4) is 5.69 Å². The lowest BCUT2D eigenvalue weighted by atomic mass is 9.95. The lowest BCUT2D eigenvalue weighted by Crippen LogP contribution is -2.41. The van der Waals surface area contributed by atoms with Crippen molar-refractivity contribution in [3.63, 3.8) is 0 Å². The highest BCUT2D eigenvalue weighted by Crippen LogP contribution is 2.36. The predicted molar refractivity (Wildman–Crippen MR) is 138 cm³/mol. The molecule has 1 amide bonds. The van der Waals surface area contributed by atoms with Crippen molar-refractivity contribution in [3.05, 3.63) is 51.1 Å². The van der Waals surface area contributed by atoms with Crippen molar-refractivity contribution in [1.29, 1.82) is 0 Å². The summed E-state index contributed by atoms with van der Waals surface area (Å²) in [6.45, 7) is -0.0964. The smallest absolute Gasteiger partial charge is 0.267 e. The molecule has 2 aliphatic rings. The third-order valence-corrected chi connectivity index (χ3v) is 9.26. The molecule has 1 aromatic carbocycles. The molecular weight excluding hydrogens is 466 g/mol. The number of thioether (sulfide) groups is 1. The number of hydrogen-bond donors (Lipinski definition) is 2. The van der Waals surface area contributed by atoms with Crippen molar-refractivity contribution in [2.45, 2.75) is 80.7 Å². The number of rotatable bonds is 7. The molecule has 3 aromatic rings. The predicted octanol–water partition coefficient (Wildman–Crippen LogP) is 4.62. The molecule has 1 unspecified atom stereocenters. The summed E-state index contributed by atoms with van der Waals surface area (Å²) in [6.07, 6.45) is 9.98. The zero-order chi connectivity index (χ0) is 23.5. The lowest BCUT2D eigenvalue weighted by Gasteiger charge is -2.25. The maximum Gasteiger partial charge on any atom is 0.267 e. The Morgan fingerprint density at radius 2 is 1.91 bits per heavy atom. The minimum absolute atomic E-state index is 0.0615. The van der Waals surface area contributed by atoms with Gasteiger partial charge in [-0.3, -0.25) is 14.2 Å². The molecule has 2 aromatic heterocycles. The first-order valence-electron chi connectivity index (χ1n) is 12.4. The summed E-state index contributed by atoms with van der Waals surface area (Å²) in [5.41, 5.74) is 1.84. The summed E-state index contributed by atoms with van der Waals surface area (Å²) in [5.74, 6) is -0.0784. The van der Waals surface area contributed by atoms with Gasteiger partial charge in [0, 0.05) is 17.5 Å². The number of aryl methyl sites for hydroxylation is 2. The standard InChI is InChI=1S/C26H31N3O3S2/c30-16-15-21(23(31)27-17-9-3-1-4-10-17)34-26-28-24-22(19-13-7-8-14-20(19)33-24)25(32)29(26)18-11-5-2-6-12-18/h2,5-6,11-12,17,21,30H,1,3-4,7-10,13-16H2,(H,27,31). The maximum atomic E-state index is 13.9. The fourth-order valence-corrected chi connectivity index (χ4v) is 7.50. The van der Waals surface area contributed by atoms with E-state index in [1.54, 1.807) is 15.9 Å². The van der Waals surface area contributed by atoms with Gasteiger partial charge in [-0.05, 0) is 62.6 Å². The van der Waals surface area contributed by atoms with Crippen LogP contribution in [-0.2, 0) is 17.6 Å². The zero-order valence-electron chi connectivity index (χ0n) is 19.3. The zero-order valence-corrected chi connectivity index (χ0v) is 20.9. The molecular formula is C26H31N3O3S2. The van der Waals surface area contributed by atoms with Crippen LogP contribution in [0, 0.1) is 0 Å². The van der Waals surface area contributed by atoms with Gasteiger partial charge in [-0.15, -0.1) is 11.3 Å². The van der Waals surface area contributed by atoms with Crippen LogP contribution in [0.3, 0.4) is 0 Å². The molecule has 2 heterocycles. The van der Waals surface area contributed by atoms with Crippen LogP contribution in [0.4, 0.5) is 0 Å². The number of aliphatic hydroxyl groups excluding tert-OH is 1. The van der Waals surface area contributed by atoms with Gasteiger partial charge in [0.05, 0.1) is 16.3 Å². The second-order valence-corrected chi connectivity index (χ2v) is 11.5. The largest absolute Gasteiger partial charge is 0.396 e. The summed E-state index contributed by atoms with van der Waals surface area (Å²) in [6, 6.07) is 9.74. The molecule has 0 radical (unpaired) electrons. The highest BCUT2D eigenvalue weighted by molar-refractivity contribution is 8.00. The van der Waals surface area contributed by atoms with Crippen molar-refractivity contribution in [2.75, 3.05) is 6.61 Å². The lowest BCUT2D eigenvalue weighted by molar-refractivity contribution is -0.121. The number of aromatic nitrogens is 2. The topological polar surface area (TPSA) is 84.2 Å². The Kier molecular flexibility index (Phi) is 7.37. The second-order valence-electron chi connectivity index (χ2n) is 9.22. The van der Waals surface area contributed by atoms with Gasteiger partial charge in [-0.2, -0.15) is 0 Å². The van der Waals surface area contributed by atoms with E-state index in [0.717, 1.165) is 72.8 Å². The van der Waals surface area contributed by atoms with Crippen LogP contribution >= 0.6 is 23.1 Å². The average Bonchev–Trinajstić information content (AvgIpc) is 3.23. The summed E-state index contributed by atoms with van der Waals surface area (Å²) >= 11 is 2.91. The Morgan fingerprint density at radius 1 is 1.15 bits per heavy atom. The Morgan fingerprint density at radius 3 is 2.68 bits per heavy atom. The molecule has 5 rings (SSSR count). The molecule has 2 N–H and O–H groups in total. The number of hydrogen-bond acceptors (Lipinski definition) is 6. The number of fused-ring (bicyclic) bond motifs is 3. The van der Waals surface area contributed by atoms with Crippen LogP contribution in [0.1, 0.15) is 61.8 Å². The van der Waals surface area contributed by atoms with E-state index in [-0.39, 0.29) is 24.1 Å². The molecule has 1 atom stereocenters. The molecule has 0 aliphatic heterocycles. The van der Waals surface area contributed by atoms with Crippen LogP contribution in [0.25, 0.3) is 15.9 Å². The number of thiophene rings is 1. The van der Waals surface area contributed by atoms with Gasteiger partial charge in [0.2, 0.25) is 5.91 Å². The number of amides is 1. The van der Waals surface area contributed by atoms with E-state index in [1.807, 2.05) is 30.3 Å². The number of para-hydroxylation sites is 1. The van der Waals surface area contributed by atoms with E-state index in [1.165, 1.54) is 23.1 Å².